The van der Waals surface area contributed by atoms with Gasteiger partial charge in [-0.1, -0.05) is 0 Å². The Hall–Kier alpha value is -1.40. The number of ether oxygens (including phenoxy) is 1. The predicted octanol–water partition coefficient (Wildman–Crippen LogP) is -0.0172. The van der Waals surface area contributed by atoms with Gasteiger partial charge in [0.1, 0.15) is 6.54 Å². The van der Waals surface area contributed by atoms with Crippen molar-refractivity contribution >= 4 is 41.5 Å². The summed E-state index contributed by atoms with van der Waals surface area (Å²) in [4.78, 5) is 23.4. The van der Waals surface area contributed by atoms with E-state index < -0.39 is 0 Å². The Morgan fingerprint density at radius 1 is 1.37 bits per heavy atom. The van der Waals surface area contributed by atoms with Crippen LogP contribution in [0.4, 0.5) is 5.69 Å². The van der Waals surface area contributed by atoms with Crippen molar-refractivity contribution in [2.45, 2.75) is 13.0 Å². The number of hydrogen-bond acceptors (Lipinski definition) is 5. The molecule has 2 fully saturated rings. The number of carbonyl (C=O) groups excluding carboxylic acids is 1. The minimum absolute atomic E-state index is 0. The molecular formula is C17H30IN7O2. The van der Waals surface area contributed by atoms with E-state index in [-0.39, 0.29) is 36.0 Å². The SMILES string of the molecule is CCNC(=NCC1CN(C)CCO1)N1CCN(c2cnn(C)c2)C(=O)C1.I. The van der Waals surface area contributed by atoms with Gasteiger partial charge in [-0.25, -0.2) is 0 Å². The molecule has 1 atom stereocenters. The van der Waals surface area contributed by atoms with Crippen LogP contribution in [0.15, 0.2) is 17.4 Å². The van der Waals surface area contributed by atoms with Crippen molar-refractivity contribution in [3.05, 3.63) is 12.4 Å². The summed E-state index contributed by atoms with van der Waals surface area (Å²) >= 11 is 0. The summed E-state index contributed by atoms with van der Waals surface area (Å²) in [5, 5.41) is 7.45. The Balaban J connectivity index is 0.00000261. The second-order valence-corrected chi connectivity index (χ2v) is 6.79. The fraction of sp³-hybridized carbons (Fsp3) is 0.706. The molecule has 1 unspecified atom stereocenters. The van der Waals surface area contributed by atoms with E-state index in [0.29, 0.717) is 19.6 Å². The average molecular weight is 491 g/mol. The number of anilines is 1. The summed E-state index contributed by atoms with van der Waals surface area (Å²) in [7, 11) is 3.95. The molecule has 1 amide bonds. The van der Waals surface area contributed by atoms with Gasteiger partial charge in [0, 0.05) is 46.0 Å². The summed E-state index contributed by atoms with van der Waals surface area (Å²) in [6.07, 6.45) is 3.70. The van der Waals surface area contributed by atoms with Crippen molar-refractivity contribution in [1.29, 1.82) is 0 Å². The number of morpholine rings is 1. The van der Waals surface area contributed by atoms with E-state index in [1.54, 1.807) is 15.8 Å². The topological polar surface area (TPSA) is 78.2 Å². The minimum atomic E-state index is 0. The first-order chi connectivity index (χ1) is 12.6. The highest BCUT2D eigenvalue weighted by Crippen LogP contribution is 2.16. The lowest BCUT2D eigenvalue weighted by Crippen LogP contribution is -2.55. The number of halogens is 1. The lowest BCUT2D eigenvalue weighted by atomic mass is 10.3. The van der Waals surface area contributed by atoms with Gasteiger partial charge in [-0.2, -0.15) is 5.10 Å². The first-order valence-electron chi connectivity index (χ1n) is 9.19. The van der Waals surface area contributed by atoms with E-state index >= 15 is 0 Å². The number of nitrogens with zero attached hydrogens (tertiary/aromatic N) is 6. The number of aryl methyl sites for hydroxylation is 1. The number of aromatic nitrogens is 2. The molecule has 27 heavy (non-hydrogen) atoms. The zero-order chi connectivity index (χ0) is 18.5. The lowest BCUT2D eigenvalue weighted by molar-refractivity contribution is -0.120. The second kappa shape index (κ2) is 10.2. The first-order valence-corrected chi connectivity index (χ1v) is 9.19. The largest absolute Gasteiger partial charge is 0.374 e. The van der Waals surface area contributed by atoms with E-state index in [1.165, 1.54) is 0 Å². The summed E-state index contributed by atoms with van der Waals surface area (Å²) in [5.41, 5.74) is 0.845. The molecule has 2 aliphatic heterocycles. The molecule has 10 heteroatoms. The summed E-state index contributed by atoms with van der Waals surface area (Å²) in [6.45, 7) is 7.66. The van der Waals surface area contributed by atoms with E-state index in [9.17, 15) is 4.79 Å². The summed E-state index contributed by atoms with van der Waals surface area (Å²) in [5.74, 6) is 0.840. The summed E-state index contributed by atoms with van der Waals surface area (Å²) in [6, 6.07) is 0. The van der Waals surface area contributed by atoms with Gasteiger partial charge in [-0.3, -0.25) is 14.5 Å². The van der Waals surface area contributed by atoms with Crippen molar-refractivity contribution in [3.63, 3.8) is 0 Å². The molecule has 0 aromatic carbocycles. The molecular weight excluding hydrogens is 461 g/mol. The van der Waals surface area contributed by atoms with Crippen LogP contribution >= 0.6 is 24.0 Å². The van der Waals surface area contributed by atoms with E-state index in [4.69, 9.17) is 9.73 Å². The Labute approximate surface area is 177 Å². The van der Waals surface area contributed by atoms with Crippen molar-refractivity contribution in [2.75, 3.05) is 64.4 Å². The molecule has 1 aromatic rings. The Bertz CT molecular complexity index is 651. The molecule has 0 saturated carbocycles. The second-order valence-electron chi connectivity index (χ2n) is 6.79. The summed E-state index contributed by atoms with van der Waals surface area (Å²) < 4.78 is 7.49. The average Bonchev–Trinajstić information content (AvgIpc) is 3.04. The fourth-order valence-electron chi connectivity index (χ4n) is 3.27. The molecule has 2 saturated heterocycles. The van der Waals surface area contributed by atoms with Gasteiger partial charge in [0.25, 0.3) is 0 Å². The number of piperazine rings is 1. The maximum absolute atomic E-state index is 12.6. The third-order valence-electron chi connectivity index (χ3n) is 4.64. The van der Waals surface area contributed by atoms with Crippen molar-refractivity contribution in [1.82, 2.24) is 24.9 Å². The van der Waals surface area contributed by atoms with Crippen LogP contribution in [0.3, 0.4) is 0 Å². The number of amides is 1. The number of aliphatic imine (C=N–C) groups is 1. The van der Waals surface area contributed by atoms with Crippen LogP contribution in [0.5, 0.6) is 0 Å². The van der Waals surface area contributed by atoms with E-state index in [2.05, 4.69) is 22.4 Å². The molecule has 1 N–H and O–H groups in total. The molecule has 3 rings (SSSR count). The fourth-order valence-corrected chi connectivity index (χ4v) is 3.27. The van der Waals surface area contributed by atoms with Gasteiger partial charge in [-0.15, -0.1) is 24.0 Å². The number of guanidine groups is 1. The molecule has 0 radical (unpaired) electrons. The highest BCUT2D eigenvalue weighted by Gasteiger charge is 2.28. The van der Waals surface area contributed by atoms with Gasteiger partial charge >= 0.3 is 0 Å². The lowest BCUT2D eigenvalue weighted by Gasteiger charge is -2.35. The quantitative estimate of drug-likeness (QED) is 0.363. The predicted molar refractivity (Wildman–Crippen MR) is 116 cm³/mol. The van der Waals surface area contributed by atoms with Gasteiger partial charge < -0.3 is 24.8 Å². The van der Waals surface area contributed by atoms with Crippen LogP contribution in [0.2, 0.25) is 0 Å². The highest BCUT2D eigenvalue weighted by molar-refractivity contribution is 14.0. The Kier molecular flexibility index (Phi) is 8.29. The monoisotopic (exact) mass is 491 g/mol. The zero-order valence-electron chi connectivity index (χ0n) is 16.3. The number of carbonyl (C=O) groups is 1. The Morgan fingerprint density at radius 3 is 2.81 bits per heavy atom. The maximum Gasteiger partial charge on any atom is 0.246 e. The number of rotatable bonds is 4. The third-order valence-corrected chi connectivity index (χ3v) is 4.64. The normalized spacial score (nSPS) is 22.0. The van der Waals surface area contributed by atoms with Crippen LogP contribution in [0, 0.1) is 0 Å². The van der Waals surface area contributed by atoms with E-state index in [1.807, 2.05) is 25.1 Å². The van der Waals surface area contributed by atoms with Gasteiger partial charge in [-0.05, 0) is 14.0 Å². The van der Waals surface area contributed by atoms with Crippen molar-refractivity contribution in [2.24, 2.45) is 12.0 Å². The van der Waals surface area contributed by atoms with E-state index in [0.717, 1.165) is 44.4 Å². The molecule has 9 nitrogen and oxygen atoms in total. The number of nitrogens with one attached hydrogen (secondary N) is 1. The zero-order valence-corrected chi connectivity index (χ0v) is 18.6. The Morgan fingerprint density at radius 2 is 2.19 bits per heavy atom. The first kappa shape index (κ1) is 21.9. The highest BCUT2D eigenvalue weighted by atomic mass is 127. The molecule has 2 aliphatic rings. The molecule has 152 valence electrons. The van der Waals surface area contributed by atoms with Crippen LogP contribution in [0.25, 0.3) is 0 Å². The molecule has 0 aliphatic carbocycles. The van der Waals surface area contributed by atoms with Gasteiger partial charge in [0.2, 0.25) is 5.91 Å². The third kappa shape index (κ3) is 5.79. The maximum atomic E-state index is 12.6. The van der Waals surface area contributed by atoms with Crippen molar-refractivity contribution in [3.8, 4) is 0 Å². The van der Waals surface area contributed by atoms with Crippen LogP contribution in [-0.4, -0.2) is 97.0 Å². The molecule has 1 aromatic heterocycles. The molecule has 3 heterocycles. The van der Waals surface area contributed by atoms with Crippen LogP contribution in [0.1, 0.15) is 6.92 Å². The smallest absolute Gasteiger partial charge is 0.246 e. The molecule has 0 spiro atoms. The van der Waals surface area contributed by atoms with Crippen LogP contribution < -0.4 is 10.2 Å². The van der Waals surface area contributed by atoms with Gasteiger partial charge in [0.05, 0.1) is 31.1 Å². The standard InChI is InChI=1S/C17H29N7O2.HI/c1-4-18-17(19-10-15-12-21(2)7-8-26-15)23-5-6-24(16(25)13-23)14-9-20-22(3)11-14;/h9,11,15H,4-8,10,12-13H2,1-3H3,(H,18,19);1H. The van der Waals surface area contributed by atoms with Crippen molar-refractivity contribution < 1.29 is 9.53 Å². The minimum Gasteiger partial charge on any atom is -0.374 e. The molecule has 0 bridgehead atoms. The van der Waals surface area contributed by atoms with Gasteiger partial charge in [0.15, 0.2) is 5.96 Å². The number of likely N-dealkylation sites (N-methyl/N-ethyl adjacent to an activating group) is 1. The van der Waals surface area contributed by atoms with Crippen LogP contribution in [-0.2, 0) is 16.6 Å². The number of hydrogen-bond donors (Lipinski definition) is 1.